The normalized spacial score (nSPS) is 21.4. The largest absolute Gasteiger partial charge is 0.489 e. The van der Waals surface area contributed by atoms with Crippen molar-refractivity contribution in [2.45, 2.75) is 32.6 Å². The second-order valence-corrected chi connectivity index (χ2v) is 9.86. The number of nitrogens with zero attached hydrogens (tertiary/aromatic N) is 1. The van der Waals surface area contributed by atoms with Crippen molar-refractivity contribution < 1.29 is 27.5 Å². The van der Waals surface area contributed by atoms with Gasteiger partial charge in [0.1, 0.15) is 19.0 Å². The molecular weight excluding hydrogens is 370 g/mol. The van der Waals surface area contributed by atoms with Crippen LogP contribution in [0.1, 0.15) is 27.2 Å². The minimum atomic E-state index is -3.51. The topological polar surface area (TPSA) is 90.0 Å². The number of Topliss-reactive ketones (excluding diaryl/α,β-unsaturated/α-hetero) is 1. The summed E-state index contributed by atoms with van der Waals surface area (Å²) in [5.74, 6) is -0.0213. The van der Waals surface area contributed by atoms with Gasteiger partial charge in [-0.3, -0.25) is 14.5 Å². The van der Waals surface area contributed by atoms with Gasteiger partial charge in [0.25, 0.3) is 0 Å². The van der Waals surface area contributed by atoms with Crippen molar-refractivity contribution in [1.29, 1.82) is 0 Å². The van der Waals surface area contributed by atoms with Crippen molar-refractivity contribution in [2.24, 2.45) is 5.41 Å². The molecule has 0 unspecified atom stereocenters. The van der Waals surface area contributed by atoms with Gasteiger partial charge in [0.2, 0.25) is 11.8 Å². The zero-order valence-corrected chi connectivity index (χ0v) is 16.4. The molecule has 0 aliphatic carbocycles. The predicted octanol–water partition coefficient (Wildman–Crippen LogP) is 1.90. The third-order valence-electron chi connectivity index (χ3n) is 4.55. The average molecular weight is 393 g/mol. The lowest BCUT2D eigenvalue weighted by atomic mass is 9.91. The van der Waals surface area contributed by atoms with Crippen molar-refractivity contribution in [3.63, 3.8) is 0 Å². The highest BCUT2D eigenvalue weighted by Crippen LogP contribution is 2.37. The molecule has 146 valence electrons. The monoisotopic (exact) mass is 393 g/mol. The lowest BCUT2D eigenvalue weighted by molar-refractivity contribution is -0.145. The average Bonchev–Trinajstić information content (AvgIpc) is 2.58. The van der Waals surface area contributed by atoms with Crippen LogP contribution >= 0.6 is 0 Å². The van der Waals surface area contributed by atoms with Crippen LogP contribution in [0.2, 0.25) is 0 Å². The molecule has 3 rings (SSSR count). The van der Waals surface area contributed by atoms with Gasteiger partial charge in [-0.05, 0) is 12.1 Å². The van der Waals surface area contributed by atoms with Gasteiger partial charge in [0.15, 0.2) is 21.0 Å². The molecule has 1 fully saturated rings. The van der Waals surface area contributed by atoms with Crippen molar-refractivity contribution in [1.82, 2.24) is 4.90 Å². The van der Waals surface area contributed by atoms with E-state index in [9.17, 15) is 18.0 Å². The summed E-state index contributed by atoms with van der Waals surface area (Å²) in [5, 5.41) is -0.912. The molecule has 2 aliphatic rings. The highest BCUT2D eigenvalue weighted by molar-refractivity contribution is 7.92. The van der Waals surface area contributed by atoms with Crippen LogP contribution in [0.5, 0.6) is 5.75 Å². The molecule has 8 heteroatoms. The van der Waals surface area contributed by atoms with E-state index in [1.165, 1.54) is 0 Å². The van der Waals surface area contributed by atoms with E-state index in [0.29, 0.717) is 11.3 Å². The number of β-lactam (4-membered cyclic amide) rings is 1. The molecule has 0 aromatic heterocycles. The summed E-state index contributed by atoms with van der Waals surface area (Å²) in [5.41, 5.74) is -0.259. The van der Waals surface area contributed by atoms with Gasteiger partial charge in [0, 0.05) is 11.0 Å². The van der Waals surface area contributed by atoms with Crippen molar-refractivity contribution >= 4 is 21.5 Å². The first-order valence-electron chi connectivity index (χ1n) is 8.69. The molecule has 0 N–H and O–H groups in total. The quantitative estimate of drug-likeness (QED) is 0.686. The summed E-state index contributed by atoms with van der Waals surface area (Å²) in [6, 6.07) is 8.94. The summed E-state index contributed by atoms with van der Waals surface area (Å²) in [6.45, 7) is 5.04. The molecule has 27 heavy (non-hydrogen) atoms. The highest BCUT2D eigenvalue weighted by Gasteiger charge is 2.52. The number of ether oxygens (including phenoxy) is 2. The molecule has 7 nitrogen and oxygen atoms in total. The number of fused-ring (bicyclic) bond motifs is 1. The SMILES string of the molecule is CC(C)(C)C(=O)COC1=C(COc2ccccc2)CS(=O)(=O)[C@@H]2CC(=O)N12. The van der Waals surface area contributed by atoms with Gasteiger partial charge in [-0.25, -0.2) is 8.42 Å². The standard InChI is InChI=1S/C19H23NO6S/c1-19(2,3)15(21)11-26-18-13(10-25-14-7-5-4-6-8-14)12-27(23,24)17-9-16(22)20(17)18/h4-8,17H,9-12H2,1-3H3/t17-/m1/s1. The van der Waals surface area contributed by atoms with Gasteiger partial charge < -0.3 is 9.47 Å². The Morgan fingerprint density at radius 3 is 2.44 bits per heavy atom. The Hall–Kier alpha value is -2.35. The second kappa shape index (κ2) is 6.99. The van der Waals surface area contributed by atoms with Crippen LogP contribution in [-0.4, -0.2) is 49.3 Å². The molecule has 0 bridgehead atoms. The fourth-order valence-electron chi connectivity index (χ4n) is 2.80. The first-order chi connectivity index (χ1) is 12.6. The Morgan fingerprint density at radius 2 is 1.85 bits per heavy atom. The van der Waals surface area contributed by atoms with Crippen LogP contribution in [0.4, 0.5) is 0 Å². The lowest BCUT2D eigenvalue weighted by Crippen LogP contribution is -2.60. The Kier molecular flexibility index (Phi) is 5.03. The summed E-state index contributed by atoms with van der Waals surface area (Å²) < 4.78 is 36.2. The maximum Gasteiger partial charge on any atom is 0.233 e. The summed E-state index contributed by atoms with van der Waals surface area (Å²) >= 11 is 0. The lowest BCUT2D eigenvalue weighted by Gasteiger charge is -2.44. The summed E-state index contributed by atoms with van der Waals surface area (Å²) in [7, 11) is -3.51. The van der Waals surface area contributed by atoms with E-state index < -0.39 is 20.6 Å². The van der Waals surface area contributed by atoms with Gasteiger partial charge >= 0.3 is 0 Å². The zero-order chi connectivity index (χ0) is 19.8. The number of sulfone groups is 1. The van der Waals surface area contributed by atoms with Crippen molar-refractivity contribution in [2.75, 3.05) is 19.0 Å². The molecule has 0 saturated carbocycles. The molecule has 1 amide bonds. The number of amides is 1. The minimum absolute atomic E-state index is 0.0429. The zero-order valence-electron chi connectivity index (χ0n) is 15.6. The molecular formula is C19H23NO6S. The number of ketones is 1. The van der Waals surface area contributed by atoms with Crippen LogP contribution < -0.4 is 4.74 Å². The number of hydrogen-bond acceptors (Lipinski definition) is 6. The maximum absolute atomic E-state index is 12.4. The van der Waals surface area contributed by atoms with E-state index in [1.54, 1.807) is 45.0 Å². The Balaban J connectivity index is 1.86. The van der Waals surface area contributed by atoms with E-state index in [-0.39, 0.29) is 43.0 Å². The Bertz CT molecular complexity index is 883. The molecule has 0 spiro atoms. The van der Waals surface area contributed by atoms with Gasteiger partial charge in [-0.2, -0.15) is 0 Å². The first-order valence-corrected chi connectivity index (χ1v) is 10.4. The minimum Gasteiger partial charge on any atom is -0.489 e. The molecule has 2 aliphatic heterocycles. The van der Waals surface area contributed by atoms with Crippen LogP contribution in [0, 0.1) is 5.41 Å². The van der Waals surface area contributed by atoms with Gasteiger partial charge in [-0.1, -0.05) is 39.0 Å². The number of hydrogen-bond donors (Lipinski definition) is 0. The van der Waals surface area contributed by atoms with E-state index in [0.717, 1.165) is 4.90 Å². The highest BCUT2D eigenvalue weighted by atomic mass is 32.2. The van der Waals surface area contributed by atoms with E-state index >= 15 is 0 Å². The Morgan fingerprint density at radius 1 is 1.19 bits per heavy atom. The molecule has 1 aromatic rings. The van der Waals surface area contributed by atoms with Crippen LogP contribution in [0.15, 0.2) is 41.8 Å². The first kappa shape index (κ1) is 19.4. The molecule has 0 radical (unpaired) electrons. The van der Waals surface area contributed by atoms with Crippen LogP contribution in [0.3, 0.4) is 0 Å². The van der Waals surface area contributed by atoms with Gasteiger partial charge in [-0.15, -0.1) is 0 Å². The Labute approximate surface area is 158 Å². The fourth-order valence-corrected chi connectivity index (χ4v) is 4.62. The van der Waals surface area contributed by atoms with Crippen molar-refractivity contribution in [3.8, 4) is 5.75 Å². The number of para-hydroxylation sites is 1. The number of rotatable bonds is 6. The van der Waals surface area contributed by atoms with E-state index in [2.05, 4.69) is 0 Å². The van der Waals surface area contributed by atoms with Crippen molar-refractivity contribution in [3.05, 3.63) is 41.8 Å². The maximum atomic E-state index is 12.4. The van der Waals surface area contributed by atoms with E-state index in [1.807, 2.05) is 6.07 Å². The third-order valence-corrected chi connectivity index (χ3v) is 6.51. The molecule has 1 atom stereocenters. The fraction of sp³-hybridized carbons (Fsp3) is 0.474. The van der Waals surface area contributed by atoms with E-state index in [4.69, 9.17) is 9.47 Å². The number of carbonyl (C=O) groups is 2. The smallest absolute Gasteiger partial charge is 0.233 e. The number of benzene rings is 1. The second-order valence-electron chi connectivity index (χ2n) is 7.70. The van der Waals surface area contributed by atoms with Gasteiger partial charge in [0.05, 0.1) is 12.2 Å². The number of carbonyl (C=O) groups excluding carboxylic acids is 2. The van der Waals surface area contributed by atoms with Crippen LogP contribution in [0.25, 0.3) is 0 Å². The molecule has 1 aromatic carbocycles. The molecule has 1 saturated heterocycles. The summed E-state index contributed by atoms with van der Waals surface area (Å²) in [6.07, 6.45) is -0.0603. The summed E-state index contributed by atoms with van der Waals surface area (Å²) in [4.78, 5) is 25.4. The molecule has 2 heterocycles. The third kappa shape index (κ3) is 4.00. The van der Waals surface area contributed by atoms with Crippen LogP contribution in [-0.2, 0) is 24.2 Å². The predicted molar refractivity (Wildman–Crippen MR) is 98.4 cm³/mol.